The summed E-state index contributed by atoms with van der Waals surface area (Å²) < 4.78 is 0. The number of aryl methyl sites for hydroxylation is 1. The lowest BCUT2D eigenvalue weighted by atomic mass is 10.0. The van der Waals surface area contributed by atoms with Gasteiger partial charge in [-0.1, -0.05) is 78.4 Å². The lowest BCUT2D eigenvalue weighted by Gasteiger charge is -2.26. The van der Waals surface area contributed by atoms with Crippen LogP contribution in [0.3, 0.4) is 0 Å². The highest BCUT2D eigenvalue weighted by molar-refractivity contribution is 6.30. The Balaban J connectivity index is 1.75. The number of para-hydroxylation sites is 1. The second kappa shape index (κ2) is 10.3. The van der Waals surface area contributed by atoms with Crippen molar-refractivity contribution in [3.63, 3.8) is 0 Å². The Bertz CT molecular complexity index is 1600. The van der Waals surface area contributed by atoms with E-state index in [1.165, 1.54) is 24.3 Å². The van der Waals surface area contributed by atoms with Gasteiger partial charge in [0.25, 0.3) is 11.6 Å². The summed E-state index contributed by atoms with van der Waals surface area (Å²) in [6.45, 7) is 2.01. The molecule has 0 aromatic heterocycles. The van der Waals surface area contributed by atoms with Crippen molar-refractivity contribution in [3.05, 3.63) is 148 Å². The third kappa shape index (κ3) is 4.99. The third-order valence-electron chi connectivity index (χ3n) is 6.05. The van der Waals surface area contributed by atoms with Gasteiger partial charge in [-0.25, -0.2) is 4.99 Å². The first-order chi connectivity index (χ1) is 18.0. The Hall–Kier alpha value is -5.10. The molecule has 0 aliphatic heterocycles. The Morgan fingerprint density at radius 2 is 1.41 bits per heavy atom. The van der Waals surface area contributed by atoms with E-state index in [0.29, 0.717) is 22.8 Å². The molecule has 5 rings (SSSR count). The van der Waals surface area contributed by atoms with Gasteiger partial charge in [0.05, 0.1) is 16.3 Å². The number of nitro groups is 1. The van der Waals surface area contributed by atoms with Crippen LogP contribution in [0.4, 0.5) is 17.1 Å². The molecule has 0 N–H and O–H groups in total. The number of nitrogens with zero attached hydrogens (tertiary/aromatic N) is 3. The van der Waals surface area contributed by atoms with E-state index in [2.05, 4.69) is 0 Å². The molecule has 0 heterocycles. The number of rotatable bonds is 5. The summed E-state index contributed by atoms with van der Waals surface area (Å²) in [6.07, 6.45) is 0. The molecule has 0 spiro atoms. The first-order valence-electron chi connectivity index (χ1n) is 11.8. The SMILES string of the molecule is Cc1ccc(N=C(c2cccc3ccccc23)N(C(=O)c2ccc([N+](=O)[O-])cc2)c2ccccc2)cc1. The van der Waals surface area contributed by atoms with Crippen LogP contribution in [0.25, 0.3) is 10.8 Å². The lowest BCUT2D eigenvalue weighted by molar-refractivity contribution is -0.384. The van der Waals surface area contributed by atoms with E-state index in [0.717, 1.165) is 21.9 Å². The molecule has 0 bridgehead atoms. The minimum absolute atomic E-state index is 0.0783. The summed E-state index contributed by atoms with van der Waals surface area (Å²) in [7, 11) is 0. The number of nitro benzene ring substituents is 1. The van der Waals surface area contributed by atoms with Crippen LogP contribution in [0.2, 0.25) is 0 Å². The minimum Gasteiger partial charge on any atom is -0.268 e. The molecule has 0 saturated heterocycles. The van der Waals surface area contributed by atoms with Crippen LogP contribution in [0.5, 0.6) is 0 Å². The van der Waals surface area contributed by atoms with E-state index in [4.69, 9.17) is 4.99 Å². The summed E-state index contributed by atoms with van der Waals surface area (Å²) >= 11 is 0. The average molecular weight is 486 g/mol. The summed E-state index contributed by atoms with van der Waals surface area (Å²) in [6, 6.07) is 36.6. The van der Waals surface area contributed by atoms with Gasteiger partial charge in [-0.05, 0) is 54.1 Å². The largest absolute Gasteiger partial charge is 0.269 e. The number of amides is 1. The predicted molar refractivity (Wildman–Crippen MR) is 148 cm³/mol. The van der Waals surface area contributed by atoms with Crippen LogP contribution >= 0.6 is 0 Å². The Labute approximate surface area is 214 Å². The minimum atomic E-state index is -0.483. The highest BCUT2D eigenvalue weighted by atomic mass is 16.6. The van der Waals surface area contributed by atoms with Crippen molar-refractivity contribution in [2.24, 2.45) is 4.99 Å². The van der Waals surface area contributed by atoms with E-state index in [-0.39, 0.29) is 11.6 Å². The van der Waals surface area contributed by atoms with Gasteiger partial charge < -0.3 is 0 Å². The standard InChI is InChI=1S/C31H23N3O3/c1-22-14-18-25(19-15-22)32-30(29-13-7-9-23-8-5-6-12-28(23)29)33(26-10-3-2-4-11-26)31(35)24-16-20-27(21-17-24)34(36)37/h2-21H,1H3. The zero-order chi connectivity index (χ0) is 25.8. The number of anilines is 1. The number of fused-ring (bicyclic) bond motifs is 1. The summed E-state index contributed by atoms with van der Waals surface area (Å²) in [5.41, 5.74) is 3.46. The van der Waals surface area contributed by atoms with Crippen LogP contribution in [0, 0.1) is 17.0 Å². The van der Waals surface area contributed by atoms with Gasteiger partial charge in [0.2, 0.25) is 0 Å². The maximum atomic E-state index is 14.1. The first kappa shape index (κ1) is 23.6. The molecule has 37 heavy (non-hydrogen) atoms. The number of carbonyl (C=O) groups is 1. The van der Waals surface area contributed by atoms with Crippen molar-refractivity contribution in [1.82, 2.24) is 0 Å². The number of hydrogen-bond donors (Lipinski definition) is 0. The summed E-state index contributed by atoms with van der Waals surface area (Å²) in [5.74, 6) is 0.107. The van der Waals surface area contributed by atoms with Crippen LogP contribution in [-0.4, -0.2) is 16.7 Å². The molecule has 0 fully saturated rings. The molecule has 5 aromatic rings. The number of amidine groups is 1. The monoisotopic (exact) mass is 485 g/mol. The zero-order valence-electron chi connectivity index (χ0n) is 20.1. The Kier molecular flexibility index (Phi) is 6.55. The van der Waals surface area contributed by atoms with Crippen molar-refractivity contribution < 1.29 is 9.72 Å². The van der Waals surface area contributed by atoms with Crippen LogP contribution < -0.4 is 4.90 Å². The van der Waals surface area contributed by atoms with Crippen molar-refractivity contribution in [3.8, 4) is 0 Å². The van der Waals surface area contributed by atoms with Crippen molar-refractivity contribution in [2.45, 2.75) is 6.92 Å². The van der Waals surface area contributed by atoms with Crippen molar-refractivity contribution in [1.29, 1.82) is 0 Å². The number of hydrogen-bond acceptors (Lipinski definition) is 4. The Morgan fingerprint density at radius 1 is 0.757 bits per heavy atom. The summed E-state index contributed by atoms with van der Waals surface area (Å²) in [5, 5.41) is 13.1. The van der Waals surface area contributed by atoms with Crippen LogP contribution in [-0.2, 0) is 0 Å². The van der Waals surface area contributed by atoms with Crippen molar-refractivity contribution in [2.75, 3.05) is 4.90 Å². The van der Waals surface area contributed by atoms with Crippen LogP contribution in [0.1, 0.15) is 21.5 Å². The van der Waals surface area contributed by atoms with E-state index in [1.807, 2.05) is 104 Å². The fourth-order valence-corrected chi connectivity index (χ4v) is 4.16. The number of carbonyl (C=O) groups excluding carboxylic acids is 1. The van der Waals surface area contributed by atoms with Gasteiger partial charge in [0, 0.05) is 23.3 Å². The number of aliphatic imine (C=N–C) groups is 1. The van der Waals surface area contributed by atoms with E-state index in [1.54, 1.807) is 4.90 Å². The molecule has 0 atom stereocenters. The average Bonchev–Trinajstić information content (AvgIpc) is 2.94. The van der Waals surface area contributed by atoms with Gasteiger partial charge in [0.15, 0.2) is 0 Å². The van der Waals surface area contributed by atoms with Gasteiger partial charge in [-0.2, -0.15) is 0 Å². The molecule has 0 radical (unpaired) electrons. The number of benzene rings is 5. The maximum Gasteiger partial charge on any atom is 0.269 e. The normalized spacial score (nSPS) is 11.3. The van der Waals surface area contributed by atoms with Gasteiger partial charge in [-0.3, -0.25) is 19.8 Å². The topological polar surface area (TPSA) is 75.8 Å². The smallest absolute Gasteiger partial charge is 0.268 e. The molecule has 0 aliphatic rings. The lowest BCUT2D eigenvalue weighted by Crippen LogP contribution is -2.37. The molecular weight excluding hydrogens is 462 g/mol. The molecule has 0 unspecified atom stereocenters. The fraction of sp³-hybridized carbons (Fsp3) is 0.0323. The molecule has 6 nitrogen and oxygen atoms in total. The first-order valence-corrected chi connectivity index (χ1v) is 11.8. The maximum absolute atomic E-state index is 14.1. The van der Waals surface area contributed by atoms with E-state index < -0.39 is 4.92 Å². The van der Waals surface area contributed by atoms with Crippen molar-refractivity contribution >= 4 is 39.6 Å². The highest BCUT2D eigenvalue weighted by Gasteiger charge is 2.26. The highest BCUT2D eigenvalue weighted by Crippen LogP contribution is 2.28. The zero-order valence-corrected chi connectivity index (χ0v) is 20.1. The molecule has 1 amide bonds. The predicted octanol–water partition coefficient (Wildman–Crippen LogP) is 7.48. The van der Waals surface area contributed by atoms with Gasteiger partial charge >= 0.3 is 0 Å². The summed E-state index contributed by atoms with van der Waals surface area (Å²) in [4.78, 5) is 31.4. The molecule has 180 valence electrons. The van der Waals surface area contributed by atoms with Gasteiger partial charge in [-0.15, -0.1) is 0 Å². The van der Waals surface area contributed by atoms with E-state index in [9.17, 15) is 14.9 Å². The number of non-ortho nitro benzene ring substituents is 1. The fourth-order valence-electron chi connectivity index (χ4n) is 4.16. The second-order valence-corrected chi connectivity index (χ2v) is 8.58. The molecule has 0 saturated carbocycles. The molecule has 6 heteroatoms. The van der Waals surface area contributed by atoms with E-state index >= 15 is 0 Å². The van der Waals surface area contributed by atoms with Gasteiger partial charge in [0.1, 0.15) is 5.84 Å². The van der Waals surface area contributed by atoms with Crippen LogP contribution in [0.15, 0.2) is 126 Å². The molecule has 0 aliphatic carbocycles. The molecular formula is C31H23N3O3. The Morgan fingerprint density at radius 3 is 2.11 bits per heavy atom. The second-order valence-electron chi connectivity index (χ2n) is 8.58. The molecule has 5 aromatic carbocycles. The quantitative estimate of drug-likeness (QED) is 0.112. The third-order valence-corrected chi connectivity index (χ3v) is 6.05.